The molecule has 1 fully saturated rings. The Morgan fingerprint density at radius 3 is 1.84 bits per heavy atom. The van der Waals surface area contributed by atoms with Gasteiger partial charge in [-0.2, -0.15) is 0 Å². The second kappa shape index (κ2) is 13.1. The molecule has 0 bridgehead atoms. The van der Waals surface area contributed by atoms with Crippen LogP contribution in [-0.2, 0) is 0 Å². The maximum atomic E-state index is 6.66. The van der Waals surface area contributed by atoms with Crippen molar-refractivity contribution >= 4 is 22.9 Å². The van der Waals surface area contributed by atoms with E-state index in [-0.39, 0.29) is 5.92 Å². The molecule has 0 spiro atoms. The third-order valence-electron chi connectivity index (χ3n) is 9.41. The van der Waals surface area contributed by atoms with Crippen LogP contribution in [0, 0.1) is 6.92 Å². The second-order valence-electron chi connectivity index (χ2n) is 12.5. The van der Waals surface area contributed by atoms with Gasteiger partial charge in [0.2, 0.25) is 0 Å². The summed E-state index contributed by atoms with van der Waals surface area (Å²) in [6.45, 7) is 3.24. The molecule has 1 saturated carbocycles. The SMILES string of the molecule is C1CCCCC1.Cc1ccc(-c2ccc(C3COc4ccc5c(c4-c4c(ccc6ccccc46)OC3)=CCCC=5)cc2)cc1. The van der Waals surface area contributed by atoms with E-state index in [2.05, 4.69) is 116 Å². The number of rotatable bonds is 2. The van der Waals surface area contributed by atoms with Gasteiger partial charge in [-0.15, -0.1) is 0 Å². The zero-order valence-electron chi connectivity index (χ0n) is 25.9. The molecular weight excluding hydrogens is 536 g/mol. The number of benzene rings is 5. The van der Waals surface area contributed by atoms with Gasteiger partial charge in [-0.25, -0.2) is 0 Å². The van der Waals surface area contributed by atoms with Crippen LogP contribution < -0.4 is 19.9 Å². The Kier molecular flexibility index (Phi) is 8.50. The summed E-state index contributed by atoms with van der Waals surface area (Å²) in [4.78, 5) is 0. The van der Waals surface area contributed by atoms with E-state index in [0.717, 1.165) is 35.5 Å². The van der Waals surface area contributed by atoms with Gasteiger partial charge in [0.05, 0.1) is 19.1 Å². The topological polar surface area (TPSA) is 18.5 Å². The van der Waals surface area contributed by atoms with E-state index in [9.17, 15) is 0 Å². The Labute approximate surface area is 261 Å². The van der Waals surface area contributed by atoms with Gasteiger partial charge < -0.3 is 9.47 Å². The lowest BCUT2D eigenvalue weighted by Crippen LogP contribution is -2.29. The first kappa shape index (κ1) is 28.5. The Balaban J connectivity index is 0.000000468. The molecule has 2 heteroatoms. The predicted octanol–water partition coefficient (Wildman–Crippen LogP) is 9.73. The normalized spacial score (nSPS) is 17.2. The molecule has 5 aromatic carbocycles. The lowest BCUT2D eigenvalue weighted by molar-refractivity contribution is 0.223. The summed E-state index contributed by atoms with van der Waals surface area (Å²) in [7, 11) is 0. The van der Waals surface area contributed by atoms with Gasteiger partial charge in [-0.05, 0) is 69.8 Å². The maximum absolute atomic E-state index is 6.66. The summed E-state index contributed by atoms with van der Waals surface area (Å²) in [6, 6.07) is 34.8. The fourth-order valence-corrected chi connectivity index (χ4v) is 6.86. The minimum atomic E-state index is 0.110. The standard InChI is InChI=1S/C36H30O2.C6H12/c1-24-10-12-25(13-11-24)26-14-16-27(17-15-26)30-22-37-33-20-18-28-6-2-4-8-31(28)35(33)36-32-9-5-3-7-29(32)19-21-34(36)38-23-30;1-2-4-6-5-3-1/h2,4,6-21,30H,3,5,22-23H2,1H3;1-6H2. The average Bonchev–Trinajstić information content (AvgIpc) is 3.17. The summed E-state index contributed by atoms with van der Waals surface area (Å²) < 4.78 is 13.3. The van der Waals surface area contributed by atoms with Gasteiger partial charge in [0, 0.05) is 11.1 Å². The molecule has 44 heavy (non-hydrogen) atoms. The van der Waals surface area contributed by atoms with Crippen LogP contribution in [-0.4, -0.2) is 13.2 Å². The summed E-state index contributed by atoms with van der Waals surface area (Å²) in [6.07, 6.45) is 15.8. The van der Waals surface area contributed by atoms with Gasteiger partial charge in [0.25, 0.3) is 0 Å². The van der Waals surface area contributed by atoms with E-state index in [4.69, 9.17) is 9.47 Å². The highest BCUT2D eigenvalue weighted by atomic mass is 16.5. The van der Waals surface area contributed by atoms with Crippen LogP contribution in [0.1, 0.15) is 68.4 Å². The number of ether oxygens (including phenoxy) is 2. The first-order valence-electron chi connectivity index (χ1n) is 16.5. The van der Waals surface area contributed by atoms with Crippen molar-refractivity contribution < 1.29 is 9.47 Å². The molecule has 1 unspecified atom stereocenters. The van der Waals surface area contributed by atoms with Crippen molar-refractivity contribution in [3.05, 3.63) is 119 Å². The van der Waals surface area contributed by atoms with E-state index in [1.165, 1.54) is 82.0 Å². The quantitative estimate of drug-likeness (QED) is 0.208. The number of fused-ring (bicyclic) bond motifs is 7. The summed E-state index contributed by atoms with van der Waals surface area (Å²) >= 11 is 0. The highest BCUT2D eigenvalue weighted by molar-refractivity contribution is 6.01. The van der Waals surface area contributed by atoms with E-state index >= 15 is 0 Å². The van der Waals surface area contributed by atoms with Crippen molar-refractivity contribution in [2.45, 2.75) is 64.2 Å². The maximum Gasteiger partial charge on any atom is 0.127 e. The largest absolute Gasteiger partial charge is 0.492 e. The van der Waals surface area contributed by atoms with Crippen molar-refractivity contribution in [3.63, 3.8) is 0 Å². The van der Waals surface area contributed by atoms with E-state index in [1.54, 1.807) is 0 Å². The van der Waals surface area contributed by atoms with Crippen LogP contribution in [0.3, 0.4) is 0 Å². The first-order valence-corrected chi connectivity index (χ1v) is 16.5. The average molecular weight is 579 g/mol. The highest BCUT2D eigenvalue weighted by Crippen LogP contribution is 2.41. The molecule has 1 aliphatic heterocycles. The Bertz CT molecular complexity index is 1850. The van der Waals surface area contributed by atoms with E-state index in [0.29, 0.717) is 13.2 Å². The molecule has 5 aromatic rings. The monoisotopic (exact) mass is 578 g/mol. The van der Waals surface area contributed by atoms with Crippen molar-refractivity contribution in [1.82, 2.24) is 0 Å². The van der Waals surface area contributed by atoms with Crippen LogP contribution >= 0.6 is 0 Å². The van der Waals surface area contributed by atoms with Crippen molar-refractivity contribution in [2.75, 3.05) is 13.2 Å². The summed E-state index contributed by atoms with van der Waals surface area (Å²) in [5, 5.41) is 4.94. The Morgan fingerprint density at radius 2 is 1.14 bits per heavy atom. The highest BCUT2D eigenvalue weighted by Gasteiger charge is 2.23. The number of aryl methyl sites for hydroxylation is 1. The predicted molar refractivity (Wildman–Crippen MR) is 185 cm³/mol. The molecule has 1 atom stereocenters. The molecule has 0 N–H and O–H groups in total. The number of hydrogen-bond acceptors (Lipinski definition) is 2. The van der Waals surface area contributed by atoms with E-state index < -0.39 is 0 Å². The van der Waals surface area contributed by atoms with Gasteiger partial charge in [0.1, 0.15) is 11.5 Å². The molecule has 8 rings (SSSR count). The van der Waals surface area contributed by atoms with Gasteiger partial charge in [-0.1, -0.05) is 141 Å². The van der Waals surface area contributed by atoms with Crippen molar-refractivity contribution in [3.8, 4) is 33.8 Å². The summed E-state index contributed by atoms with van der Waals surface area (Å²) in [5.74, 6) is 1.96. The fourth-order valence-electron chi connectivity index (χ4n) is 6.86. The van der Waals surface area contributed by atoms with Crippen molar-refractivity contribution in [1.29, 1.82) is 0 Å². The Hall–Kier alpha value is -4.30. The molecule has 0 amide bonds. The van der Waals surface area contributed by atoms with Gasteiger partial charge in [-0.3, -0.25) is 0 Å². The lowest BCUT2D eigenvalue weighted by atomic mass is 9.92. The number of hydrogen-bond donors (Lipinski definition) is 0. The molecule has 1 heterocycles. The third-order valence-corrected chi connectivity index (χ3v) is 9.41. The van der Waals surface area contributed by atoms with Gasteiger partial charge >= 0.3 is 0 Å². The molecule has 2 aliphatic carbocycles. The van der Waals surface area contributed by atoms with Crippen molar-refractivity contribution in [2.24, 2.45) is 0 Å². The molecule has 0 saturated heterocycles. The molecular formula is C42H42O2. The zero-order chi connectivity index (χ0) is 29.7. The second-order valence-corrected chi connectivity index (χ2v) is 12.5. The lowest BCUT2D eigenvalue weighted by Gasteiger charge is -2.18. The van der Waals surface area contributed by atoms with Crippen LogP contribution in [0.2, 0.25) is 0 Å². The third kappa shape index (κ3) is 6.04. The molecule has 222 valence electrons. The molecule has 0 aromatic heterocycles. The van der Waals surface area contributed by atoms with Crippen LogP contribution in [0.25, 0.3) is 45.2 Å². The fraction of sp³-hybridized carbons (Fsp3) is 0.286. The molecule has 2 nitrogen and oxygen atoms in total. The molecule has 3 aliphatic rings. The van der Waals surface area contributed by atoms with Crippen LogP contribution in [0.15, 0.2) is 97.1 Å². The van der Waals surface area contributed by atoms with Gasteiger partial charge in [0.15, 0.2) is 0 Å². The van der Waals surface area contributed by atoms with Crippen LogP contribution in [0.5, 0.6) is 11.5 Å². The first-order chi connectivity index (χ1) is 21.7. The van der Waals surface area contributed by atoms with Crippen LogP contribution in [0.4, 0.5) is 0 Å². The van der Waals surface area contributed by atoms with E-state index in [1.807, 2.05) is 0 Å². The summed E-state index contributed by atoms with van der Waals surface area (Å²) in [5.41, 5.74) is 7.24. The smallest absolute Gasteiger partial charge is 0.127 e. The minimum Gasteiger partial charge on any atom is -0.492 e. The zero-order valence-corrected chi connectivity index (χ0v) is 25.9. The minimum absolute atomic E-state index is 0.110. The Morgan fingerprint density at radius 1 is 0.545 bits per heavy atom. The molecule has 0 radical (unpaired) electrons.